The van der Waals surface area contributed by atoms with Gasteiger partial charge in [0, 0.05) is 0 Å². The predicted octanol–water partition coefficient (Wildman–Crippen LogP) is -0.751. The van der Waals surface area contributed by atoms with Crippen molar-refractivity contribution in [2.45, 2.75) is 6.43 Å². The molecule has 0 aliphatic carbocycles. The Hall–Kier alpha value is -1.73. The minimum atomic E-state index is -3.41. The van der Waals surface area contributed by atoms with Crippen LogP contribution in [-0.4, -0.2) is 52.5 Å². The smallest absolute Gasteiger partial charge is 0.323 e. The van der Waals surface area contributed by atoms with Crippen LogP contribution in [0.15, 0.2) is 0 Å². The Morgan fingerprint density at radius 2 is 1.43 bits per heavy atom. The SMILES string of the molecule is O=C(O)CN(CC(=O)O)C(=O)C(F)F. The molecule has 0 saturated carbocycles. The second-order valence-electron chi connectivity index (χ2n) is 2.28. The van der Waals surface area contributed by atoms with Gasteiger partial charge in [-0.1, -0.05) is 0 Å². The van der Waals surface area contributed by atoms with E-state index in [9.17, 15) is 23.2 Å². The van der Waals surface area contributed by atoms with Gasteiger partial charge < -0.3 is 15.1 Å². The van der Waals surface area contributed by atoms with Crippen LogP contribution in [0.5, 0.6) is 0 Å². The lowest BCUT2D eigenvalue weighted by atomic mass is 10.4. The van der Waals surface area contributed by atoms with Crippen LogP contribution in [-0.2, 0) is 14.4 Å². The largest absolute Gasteiger partial charge is 0.480 e. The fourth-order valence-corrected chi connectivity index (χ4v) is 0.676. The van der Waals surface area contributed by atoms with Crippen molar-refractivity contribution in [2.24, 2.45) is 0 Å². The molecule has 0 radical (unpaired) electrons. The molecule has 0 aromatic rings. The van der Waals surface area contributed by atoms with Gasteiger partial charge in [0.25, 0.3) is 5.91 Å². The van der Waals surface area contributed by atoms with E-state index < -0.39 is 37.4 Å². The molecule has 0 fully saturated rings. The van der Waals surface area contributed by atoms with Gasteiger partial charge in [0.1, 0.15) is 13.1 Å². The number of alkyl halides is 2. The Labute approximate surface area is 76.7 Å². The minimum absolute atomic E-state index is 0.0509. The zero-order chi connectivity index (χ0) is 11.3. The number of amides is 1. The molecule has 0 aliphatic rings. The molecule has 0 bridgehead atoms. The highest BCUT2D eigenvalue weighted by molar-refractivity contribution is 5.86. The lowest BCUT2D eigenvalue weighted by molar-refractivity contribution is -0.154. The van der Waals surface area contributed by atoms with E-state index in [-0.39, 0.29) is 4.90 Å². The Bertz CT molecular complexity index is 239. The van der Waals surface area contributed by atoms with E-state index in [2.05, 4.69) is 0 Å². The number of rotatable bonds is 5. The van der Waals surface area contributed by atoms with E-state index in [1.807, 2.05) is 0 Å². The lowest BCUT2D eigenvalue weighted by Gasteiger charge is -2.17. The molecule has 14 heavy (non-hydrogen) atoms. The van der Waals surface area contributed by atoms with Crippen molar-refractivity contribution in [1.82, 2.24) is 4.90 Å². The number of hydrogen-bond donors (Lipinski definition) is 2. The molecule has 0 rings (SSSR count). The van der Waals surface area contributed by atoms with Gasteiger partial charge in [0.2, 0.25) is 0 Å². The van der Waals surface area contributed by atoms with Crippen LogP contribution in [0.3, 0.4) is 0 Å². The molecule has 0 spiro atoms. The fraction of sp³-hybridized carbons (Fsp3) is 0.500. The molecule has 0 aliphatic heterocycles. The first-order chi connectivity index (χ1) is 6.34. The molecule has 0 aromatic carbocycles. The highest BCUT2D eigenvalue weighted by Gasteiger charge is 2.26. The molecule has 80 valence electrons. The molecule has 0 unspecified atom stereocenters. The monoisotopic (exact) mass is 211 g/mol. The number of nitrogens with zero attached hydrogens (tertiary/aromatic N) is 1. The fourth-order valence-electron chi connectivity index (χ4n) is 0.676. The number of aliphatic carboxylic acids is 2. The summed E-state index contributed by atoms with van der Waals surface area (Å²) in [6.07, 6.45) is -3.41. The highest BCUT2D eigenvalue weighted by Crippen LogP contribution is 2.00. The number of hydrogen-bond acceptors (Lipinski definition) is 3. The summed E-state index contributed by atoms with van der Waals surface area (Å²) in [5.74, 6) is -4.92. The second kappa shape index (κ2) is 5.10. The van der Waals surface area contributed by atoms with E-state index in [0.29, 0.717) is 0 Å². The van der Waals surface area contributed by atoms with E-state index in [1.54, 1.807) is 0 Å². The van der Waals surface area contributed by atoms with Crippen molar-refractivity contribution in [1.29, 1.82) is 0 Å². The van der Waals surface area contributed by atoms with Gasteiger partial charge in [-0.25, -0.2) is 0 Å². The number of carboxylic acid groups (broad SMARTS) is 2. The zero-order valence-corrected chi connectivity index (χ0v) is 6.81. The summed E-state index contributed by atoms with van der Waals surface area (Å²) in [5, 5.41) is 16.4. The highest BCUT2D eigenvalue weighted by atomic mass is 19.3. The summed E-state index contributed by atoms with van der Waals surface area (Å²) in [6, 6.07) is 0. The maximum atomic E-state index is 11.8. The van der Waals surface area contributed by atoms with Crippen molar-refractivity contribution >= 4 is 17.8 Å². The van der Waals surface area contributed by atoms with E-state index >= 15 is 0 Å². The average Bonchev–Trinajstić information content (AvgIpc) is 1.99. The van der Waals surface area contributed by atoms with Gasteiger partial charge in [-0.15, -0.1) is 0 Å². The molecule has 0 aromatic heterocycles. The number of carbonyl (C=O) groups is 3. The molecule has 6 nitrogen and oxygen atoms in total. The Balaban J connectivity index is 4.46. The Morgan fingerprint density at radius 1 is 1.07 bits per heavy atom. The lowest BCUT2D eigenvalue weighted by Crippen LogP contribution is -2.42. The van der Waals surface area contributed by atoms with Gasteiger partial charge in [0.05, 0.1) is 0 Å². The third kappa shape index (κ3) is 4.33. The Kier molecular flexibility index (Phi) is 4.47. The van der Waals surface area contributed by atoms with Crippen molar-refractivity contribution in [2.75, 3.05) is 13.1 Å². The maximum Gasteiger partial charge on any atom is 0.323 e. The van der Waals surface area contributed by atoms with Gasteiger partial charge in [-0.2, -0.15) is 8.78 Å². The second-order valence-corrected chi connectivity index (χ2v) is 2.28. The third-order valence-corrected chi connectivity index (χ3v) is 1.15. The first-order valence-corrected chi connectivity index (χ1v) is 3.35. The van der Waals surface area contributed by atoms with Crippen LogP contribution >= 0.6 is 0 Å². The third-order valence-electron chi connectivity index (χ3n) is 1.15. The van der Waals surface area contributed by atoms with Crippen LogP contribution in [0.4, 0.5) is 8.78 Å². The molecular weight excluding hydrogens is 204 g/mol. The van der Waals surface area contributed by atoms with Gasteiger partial charge in [0.15, 0.2) is 0 Å². The van der Waals surface area contributed by atoms with Crippen molar-refractivity contribution < 1.29 is 33.4 Å². The molecule has 2 N–H and O–H groups in total. The van der Waals surface area contributed by atoms with Crippen LogP contribution in [0.1, 0.15) is 0 Å². The number of carboxylic acids is 2. The summed E-state index contributed by atoms with van der Waals surface area (Å²) >= 11 is 0. The van der Waals surface area contributed by atoms with Crippen LogP contribution < -0.4 is 0 Å². The molecule has 1 amide bonds. The number of halogens is 2. The van der Waals surface area contributed by atoms with E-state index in [4.69, 9.17) is 10.2 Å². The molecular formula is C6H7F2NO5. The molecule has 8 heteroatoms. The van der Waals surface area contributed by atoms with Crippen molar-refractivity contribution in [3.8, 4) is 0 Å². The molecule has 0 atom stereocenters. The maximum absolute atomic E-state index is 11.8. The van der Waals surface area contributed by atoms with Gasteiger partial charge in [-0.05, 0) is 0 Å². The Morgan fingerprint density at radius 3 is 1.64 bits per heavy atom. The van der Waals surface area contributed by atoms with Gasteiger partial charge in [-0.3, -0.25) is 14.4 Å². The van der Waals surface area contributed by atoms with Crippen molar-refractivity contribution in [3.63, 3.8) is 0 Å². The first-order valence-electron chi connectivity index (χ1n) is 3.35. The quantitative estimate of drug-likeness (QED) is 0.623. The van der Waals surface area contributed by atoms with Gasteiger partial charge >= 0.3 is 18.4 Å². The standard InChI is InChI=1S/C6H7F2NO5/c7-5(8)6(14)9(1-3(10)11)2-4(12)13/h5H,1-2H2,(H,10,11)(H,12,13). The first kappa shape index (κ1) is 12.3. The molecule has 0 heterocycles. The summed E-state index contributed by atoms with van der Waals surface area (Å²) < 4.78 is 23.6. The summed E-state index contributed by atoms with van der Waals surface area (Å²) in [4.78, 5) is 30.8. The van der Waals surface area contributed by atoms with Crippen LogP contribution in [0.2, 0.25) is 0 Å². The van der Waals surface area contributed by atoms with E-state index in [0.717, 1.165) is 0 Å². The minimum Gasteiger partial charge on any atom is -0.480 e. The average molecular weight is 211 g/mol. The zero-order valence-electron chi connectivity index (χ0n) is 6.81. The van der Waals surface area contributed by atoms with Crippen LogP contribution in [0.25, 0.3) is 0 Å². The predicted molar refractivity (Wildman–Crippen MR) is 37.9 cm³/mol. The normalized spacial score (nSPS) is 9.93. The summed E-state index contributed by atoms with van der Waals surface area (Å²) in [5.41, 5.74) is 0. The molecule has 0 saturated heterocycles. The summed E-state index contributed by atoms with van der Waals surface area (Å²) in [7, 11) is 0. The van der Waals surface area contributed by atoms with E-state index in [1.165, 1.54) is 0 Å². The summed E-state index contributed by atoms with van der Waals surface area (Å²) in [6.45, 7) is -2.12. The van der Waals surface area contributed by atoms with Crippen LogP contribution in [0, 0.1) is 0 Å². The topological polar surface area (TPSA) is 94.9 Å². The van der Waals surface area contributed by atoms with Crippen molar-refractivity contribution in [3.05, 3.63) is 0 Å². The number of carbonyl (C=O) groups excluding carboxylic acids is 1.